The van der Waals surface area contributed by atoms with Crippen LogP contribution in [0.3, 0.4) is 0 Å². The van der Waals surface area contributed by atoms with Crippen molar-refractivity contribution >= 4 is 8.46 Å². The second-order valence-electron chi connectivity index (χ2n) is 4.54. The number of benzene rings is 2. The Morgan fingerprint density at radius 1 is 0.850 bits per heavy atom. The quantitative estimate of drug-likeness (QED) is 0.560. The van der Waals surface area contributed by atoms with Crippen LogP contribution in [-0.4, -0.2) is 5.53 Å². The van der Waals surface area contributed by atoms with Crippen LogP contribution < -0.4 is 0 Å². The molecule has 3 nitrogen and oxygen atoms in total. The van der Waals surface area contributed by atoms with Gasteiger partial charge in [0.15, 0.2) is 0 Å². The number of ether oxygens (including phenoxy) is 2. The molecule has 0 aliphatic rings. The SMILES string of the molecule is CC(OCc1ccccc1)(OCc1ccccc1)P=O. The third-order valence-electron chi connectivity index (χ3n) is 2.86. The lowest BCUT2D eigenvalue weighted by atomic mass is 10.2. The Balaban J connectivity index is 1.90. The van der Waals surface area contributed by atoms with Crippen molar-refractivity contribution in [3.8, 4) is 0 Å². The van der Waals surface area contributed by atoms with E-state index < -0.39 is 5.53 Å². The van der Waals surface area contributed by atoms with Gasteiger partial charge in [-0.25, -0.2) is 0 Å². The Hall–Kier alpha value is -1.54. The summed E-state index contributed by atoms with van der Waals surface area (Å²) in [7, 11) is -0.186. The molecule has 0 radical (unpaired) electrons. The highest BCUT2D eigenvalue weighted by molar-refractivity contribution is 7.25. The van der Waals surface area contributed by atoms with Crippen LogP contribution in [-0.2, 0) is 27.3 Å². The smallest absolute Gasteiger partial charge is 0.249 e. The fraction of sp³-hybridized carbons (Fsp3) is 0.250. The molecule has 0 amide bonds. The molecule has 2 rings (SSSR count). The van der Waals surface area contributed by atoms with E-state index in [1.54, 1.807) is 6.92 Å². The summed E-state index contributed by atoms with van der Waals surface area (Å²) in [5.74, 6) is 0. The van der Waals surface area contributed by atoms with E-state index in [0.29, 0.717) is 13.2 Å². The lowest BCUT2D eigenvalue weighted by Crippen LogP contribution is -2.25. The average molecular weight is 288 g/mol. The number of hydrogen-bond acceptors (Lipinski definition) is 3. The fourth-order valence-corrected chi connectivity index (χ4v) is 1.91. The average Bonchev–Trinajstić information content (AvgIpc) is 2.53. The molecule has 2 aromatic rings. The Morgan fingerprint density at radius 3 is 1.60 bits per heavy atom. The van der Waals surface area contributed by atoms with Crippen LogP contribution in [0.25, 0.3) is 0 Å². The molecule has 4 heteroatoms. The lowest BCUT2D eigenvalue weighted by molar-refractivity contribution is -0.177. The normalized spacial score (nSPS) is 11.7. The Labute approximate surface area is 120 Å². The first kappa shape index (κ1) is 14.9. The molecule has 20 heavy (non-hydrogen) atoms. The third-order valence-corrected chi connectivity index (χ3v) is 3.45. The fourth-order valence-electron chi connectivity index (χ4n) is 1.68. The highest BCUT2D eigenvalue weighted by Gasteiger charge is 2.27. The van der Waals surface area contributed by atoms with Gasteiger partial charge in [-0.05, 0) is 11.1 Å². The van der Waals surface area contributed by atoms with Crippen molar-refractivity contribution in [2.45, 2.75) is 25.7 Å². The first-order chi connectivity index (χ1) is 9.72. The van der Waals surface area contributed by atoms with Crippen molar-refractivity contribution in [1.29, 1.82) is 0 Å². The molecule has 0 saturated heterocycles. The summed E-state index contributed by atoms with van der Waals surface area (Å²) >= 11 is 0. The van der Waals surface area contributed by atoms with Crippen LogP contribution in [0.1, 0.15) is 18.1 Å². The molecule has 0 fully saturated rings. The van der Waals surface area contributed by atoms with Crippen LogP contribution in [0.4, 0.5) is 0 Å². The van der Waals surface area contributed by atoms with Gasteiger partial charge in [-0.1, -0.05) is 60.7 Å². The molecule has 0 aliphatic heterocycles. The molecular formula is C16H17O3P. The molecule has 0 saturated carbocycles. The predicted octanol–water partition coefficient (Wildman–Crippen LogP) is 4.39. The molecule has 0 N–H and O–H groups in total. The van der Waals surface area contributed by atoms with Gasteiger partial charge in [0, 0.05) is 6.92 Å². The van der Waals surface area contributed by atoms with Gasteiger partial charge in [-0.15, -0.1) is 0 Å². The van der Waals surface area contributed by atoms with Gasteiger partial charge in [-0.2, -0.15) is 0 Å². The summed E-state index contributed by atoms with van der Waals surface area (Å²) in [4.78, 5) is 0. The van der Waals surface area contributed by atoms with Crippen LogP contribution >= 0.6 is 8.46 Å². The van der Waals surface area contributed by atoms with E-state index in [4.69, 9.17) is 9.47 Å². The lowest BCUT2D eigenvalue weighted by Gasteiger charge is -2.23. The standard InChI is InChI=1S/C16H17O3P/c1-16(20-17,18-12-14-8-4-2-5-9-14)19-13-15-10-6-3-7-11-15/h2-11H,12-13H2,1H3. The van der Waals surface area contributed by atoms with Crippen molar-refractivity contribution in [1.82, 2.24) is 0 Å². The van der Waals surface area contributed by atoms with Crippen LogP contribution in [0, 0.1) is 0 Å². The summed E-state index contributed by atoms with van der Waals surface area (Å²) in [6.45, 7) is 2.40. The molecular weight excluding hydrogens is 271 g/mol. The van der Waals surface area contributed by atoms with Gasteiger partial charge < -0.3 is 9.47 Å². The van der Waals surface area contributed by atoms with Gasteiger partial charge in [0.1, 0.15) is 0 Å². The Kier molecular flexibility index (Phi) is 5.42. The largest absolute Gasteiger partial charge is 0.336 e. The van der Waals surface area contributed by atoms with Crippen molar-refractivity contribution in [2.75, 3.05) is 0 Å². The van der Waals surface area contributed by atoms with Crippen molar-refractivity contribution in [3.05, 3.63) is 71.8 Å². The molecule has 0 atom stereocenters. The monoisotopic (exact) mass is 288 g/mol. The molecule has 0 aliphatic carbocycles. The Bertz CT molecular complexity index is 484. The summed E-state index contributed by atoms with van der Waals surface area (Å²) in [5, 5.41) is 0. The maximum atomic E-state index is 11.3. The predicted molar refractivity (Wildman–Crippen MR) is 78.5 cm³/mol. The number of hydrogen-bond donors (Lipinski definition) is 0. The zero-order valence-electron chi connectivity index (χ0n) is 11.4. The van der Waals surface area contributed by atoms with E-state index >= 15 is 0 Å². The van der Waals surface area contributed by atoms with Gasteiger partial charge in [0.2, 0.25) is 14.0 Å². The van der Waals surface area contributed by atoms with Crippen LogP contribution in [0.2, 0.25) is 0 Å². The topological polar surface area (TPSA) is 35.5 Å². The highest BCUT2D eigenvalue weighted by Crippen LogP contribution is 2.28. The zero-order valence-corrected chi connectivity index (χ0v) is 12.3. The van der Waals surface area contributed by atoms with Crippen LogP contribution in [0.15, 0.2) is 60.7 Å². The molecule has 0 aromatic heterocycles. The molecule has 2 aromatic carbocycles. The van der Waals surface area contributed by atoms with Gasteiger partial charge in [-0.3, -0.25) is 4.57 Å². The minimum Gasteiger partial charge on any atom is -0.336 e. The summed E-state index contributed by atoms with van der Waals surface area (Å²) in [6.07, 6.45) is 0. The molecule has 0 spiro atoms. The van der Waals surface area contributed by atoms with E-state index in [0.717, 1.165) is 11.1 Å². The minimum atomic E-state index is -1.13. The second kappa shape index (κ2) is 7.30. The molecule has 104 valence electrons. The summed E-state index contributed by atoms with van der Waals surface area (Å²) in [6, 6.07) is 19.5. The van der Waals surface area contributed by atoms with E-state index in [1.807, 2.05) is 60.7 Å². The minimum absolute atomic E-state index is 0.186. The summed E-state index contributed by atoms with van der Waals surface area (Å²) in [5.41, 5.74) is 0.905. The van der Waals surface area contributed by atoms with E-state index in [-0.39, 0.29) is 8.46 Å². The summed E-state index contributed by atoms with van der Waals surface area (Å²) < 4.78 is 22.6. The Morgan fingerprint density at radius 2 is 1.25 bits per heavy atom. The molecule has 0 bridgehead atoms. The first-order valence-corrected chi connectivity index (χ1v) is 7.23. The van der Waals surface area contributed by atoms with Gasteiger partial charge >= 0.3 is 0 Å². The third kappa shape index (κ3) is 4.53. The van der Waals surface area contributed by atoms with E-state index in [1.165, 1.54) is 0 Å². The second-order valence-corrected chi connectivity index (χ2v) is 5.53. The highest BCUT2D eigenvalue weighted by atomic mass is 31.1. The molecule has 0 heterocycles. The van der Waals surface area contributed by atoms with Crippen LogP contribution in [0.5, 0.6) is 0 Å². The number of rotatable bonds is 7. The molecule has 0 unspecified atom stereocenters. The van der Waals surface area contributed by atoms with E-state index in [9.17, 15) is 4.57 Å². The maximum Gasteiger partial charge on any atom is 0.249 e. The maximum absolute atomic E-state index is 11.3. The first-order valence-electron chi connectivity index (χ1n) is 6.42. The zero-order chi connectivity index (χ0) is 14.3. The van der Waals surface area contributed by atoms with Crippen molar-refractivity contribution < 1.29 is 14.0 Å². The van der Waals surface area contributed by atoms with Gasteiger partial charge in [0.25, 0.3) is 0 Å². The van der Waals surface area contributed by atoms with Gasteiger partial charge in [0.05, 0.1) is 13.2 Å². The van der Waals surface area contributed by atoms with E-state index in [2.05, 4.69) is 0 Å². The van der Waals surface area contributed by atoms with Crippen molar-refractivity contribution in [3.63, 3.8) is 0 Å². The van der Waals surface area contributed by atoms with Crippen molar-refractivity contribution in [2.24, 2.45) is 0 Å².